The van der Waals surface area contributed by atoms with E-state index in [1.807, 2.05) is 24.6 Å². The highest BCUT2D eigenvalue weighted by Gasteiger charge is 2.16. The van der Waals surface area contributed by atoms with Gasteiger partial charge in [-0.25, -0.2) is 0 Å². The van der Waals surface area contributed by atoms with Crippen LogP contribution < -0.4 is 5.32 Å². The first-order chi connectivity index (χ1) is 9.99. The smallest absolute Gasteiger partial charge is 0.311 e. The van der Waals surface area contributed by atoms with Gasteiger partial charge in [-0.3, -0.25) is 19.8 Å². The summed E-state index contributed by atoms with van der Waals surface area (Å²) in [6, 6.07) is 2.03. The van der Waals surface area contributed by atoms with E-state index in [0.29, 0.717) is 16.7 Å². The molecule has 0 aliphatic carbocycles. The van der Waals surface area contributed by atoms with Crippen LogP contribution in [0.5, 0.6) is 0 Å². The van der Waals surface area contributed by atoms with Crippen LogP contribution in [0.3, 0.4) is 0 Å². The van der Waals surface area contributed by atoms with Crippen molar-refractivity contribution in [3.8, 4) is 0 Å². The molecule has 21 heavy (non-hydrogen) atoms. The fraction of sp³-hybridized carbons (Fsp3) is 0.385. The van der Waals surface area contributed by atoms with Crippen molar-refractivity contribution in [1.29, 1.82) is 0 Å². The van der Waals surface area contributed by atoms with Crippen LogP contribution in [0.4, 0.5) is 11.4 Å². The molecule has 0 radical (unpaired) electrons. The first-order valence-electron chi connectivity index (χ1n) is 6.52. The molecule has 0 unspecified atom stereocenters. The van der Waals surface area contributed by atoms with Gasteiger partial charge in [0.05, 0.1) is 15.1 Å². The minimum Gasteiger partial charge on any atom is -0.378 e. The maximum Gasteiger partial charge on any atom is 0.311 e. The van der Waals surface area contributed by atoms with Crippen LogP contribution >= 0.6 is 15.9 Å². The lowest BCUT2D eigenvalue weighted by Gasteiger charge is -2.09. The van der Waals surface area contributed by atoms with Gasteiger partial charge >= 0.3 is 5.69 Å². The number of aromatic nitrogens is 3. The zero-order valence-corrected chi connectivity index (χ0v) is 13.4. The second-order valence-electron chi connectivity index (χ2n) is 4.70. The average Bonchev–Trinajstić information content (AvgIpc) is 2.74. The van der Waals surface area contributed by atoms with E-state index in [1.54, 1.807) is 0 Å². The molecule has 112 valence electrons. The second kappa shape index (κ2) is 6.66. The molecule has 0 atom stereocenters. The van der Waals surface area contributed by atoms with Gasteiger partial charge in [-0.2, -0.15) is 5.10 Å². The van der Waals surface area contributed by atoms with Crippen molar-refractivity contribution in [2.45, 2.75) is 26.8 Å². The summed E-state index contributed by atoms with van der Waals surface area (Å²) in [7, 11) is 0. The molecular weight excluding hydrogens is 338 g/mol. The molecule has 2 aromatic heterocycles. The molecule has 0 amide bonds. The Morgan fingerprint density at radius 2 is 2.19 bits per heavy atom. The molecule has 0 saturated heterocycles. The summed E-state index contributed by atoms with van der Waals surface area (Å²) in [4.78, 5) is 14.3. The molecule has 0 spiro atoms. The normalized spacial score (nSPS) is 10.6. The Morgan fingerprint density at radius 3 is 2.81 bits per heavy atom. The molecule has 2 heterocycles. The fourth-order valence-corrected chi connectivity index (χ4v) is 2.54. The highest BCUT2D eigenvalue weighted by atomic mass is 79.9. The monoisotopic (exact) mass is 353 g/mol. The van der Waals surface area contributed by atoms with Gasteiger partial charge in [0.15, 0.2) is 0 Å². The summed E-state index contributed by atoms with van der Waals surface area (Å²) in [6.45, 7) is 5.35. The number of nitrogens with one attached hydrogen (secondary N) is 1. The number of hydrogen-bond donors (Lipinski definition) is 1. The van der Waals surface area contributed by atoms with Crippen LogP contribution in [0, 0.1) is 24.0 Å². The third-order valence-corrected chi connectivity index (χ3v) is 3.63. The van der Waals surface area contributed by atoms with Gasteiger partial charge in [0, 0.05) is 25.0 Å². The minimum atomic E-state index is -0.443. The van der Waals surface area contributed by atoms with Crippen LogP contribution in [-0.2, 0) is 6.54 Å². The van der Waals surface area contributed by atoms with Crippen LogP contribution in [0.1, 0.15) is 17.8 Å². The van der Waals surface area contributed by atoms with E-state index < -0.39 is 4.92 Å². The van der Waals surface area contributed by atoms with Gasteiger partial charge in [-0.1, -0.05) is 0 Å². The summed E-state index contributed by atoms with van der Waals surface area (Å²) in [5.74, 6) is 0. The third-order valence-electron chi connectivity index (χ3n) is 3.03. The first-order valence-corrected chi connectivity index (χ1v) is 7.31. The first kappa shape index (κ1) is 15.4. The lowest BCUT2D eigenvalue weighted by molar-refractivity contribution is -0.384. The lowest BCUT2D eigenvalue weighted by Crippen LogP contribution is -2.10. The summed E-state index contributed by atoms with van der Waals surface area (Å²) in [5, 5.41) is 18.4. The zero-order valence-electron chi connectivity index (χ0n) is 11.8. The van der Waals surface area contributed by atoms with Crippen molar-refractivity contribution in [1.82, 2.24) is 14.8 Å². The molecular formula is C13H16BrN5O2. The Balaban J connectivity index is 1.95. The fourth-order valence-electron chi connectivity index (χ4n) is 2.08. The Hall–Kier alpha value is -1.96. The molecule has 2 aromatic rings. The lowest BCUT2D eigenvalue weighted by atomic mass is 10.3. The molecule has 1 N–H and O–H groups in total. The number of nitro groups is 1. The molecule has 0 bridgehead atoms. The summed E-state index contributed by atoms with van der Waals surface area (Å²) >= 11 is 3.28. The van der Waals surface area contributed by atoms with E-state index in [-0.39, 0.29) is 5.69 Å². The molecule has 0 saturated carbocycles. The number of hydrogen-bond acceptors (Lipinski definition) is 5. The van der Waals surface area contributed by atoms with Gasteiger partial charge in [-0.05, 0) is 42.3 Å². The number of nitrogens with zero attached hydrogens (tertiary/aromatic N) is 4. The average molecular weight is 354 g/mol. The van der Waals surface area contributed by atoms with Gasteiger partial charge < -0.3 is 5.32 Å². The van der Waals surface area contributed by atoms with Gasteiger partial charge in [0.25, 0.3) is 0 Å². The quantitative estimate of drug-likeness (QED) is 0.490. The number of halogens is 1. The molecule has 8 heteroatoms. The van der Waals surface area contributed by atoms with E-state index in [2.05, 4.69) is 31.3 Å². The van der Waals surface area contributed by atoms with Crippen LogP contribution in [0.2, 0.25) is 0 Å². The Morgan fingerprint density at radius 1 is 1.43 bits per heavy atom. The molecule has 0 aliphatic heterocycles. The number of anilines is 1. The molecule has 0 aromatic carbocycles. The number of aryl methyl sites for hydroxylation is 3. The van der Waals surface area contributed by atoms with E-state index >= 15 is 0 Å². The van der Waals surface area contributed by atoms with E-state index in [0.717, 1.165) is 24.4 Å². The Kier molecular flexibility index (Phi) is 4.89. The largest absolute Gasteiger partial charge is 0.378 e. The molecule has 2 rings (SSSR count). The van der Waals surface area contributed by atoms with Crippen molar-refractivity contribution >= 4 is 27.3 Å². The second-order valence-corrected chi connectivity index (χ2v) is 5.56. The van der Waals surface area contributed by atoms with Crippen LogP contribution in [-0.4, -0.2) is 26.2 Å². The van der Waals surface area contributed by atoms with Gasteiger partial charge in [0.2, 0.25) is 0 Å². The summed E-state index contributed by atoms with van der Waals surface area (Å²) in [5.41, 5.74) is 2.54. The maximum atomic E-state index is 11.0. The molecule has 7 nitrogen and oxygen atoms in total. The van der Waals surface area contributed by atoms with Crippen molar-refractivity contribution in [3.05, 3.63) is 44.4 Å². The van der Waals surface area contributed by atoms with Crippen molar-refractivity contribution < 1.29 is 4.92 Å². The van der Waals surface area contributed by atoms with Crippen LogP contribution in [0.15, 0.2) is 22.9 Å². The predicted molar refractivity (Wildman–Crippen MR) is 83.4 cm³/mol. The third kappa shape index (κ3) is 3.78. The Labute approximate surface area is 130 Å². The summed E-state index contributed by atoms with van der Waals surface area (Å²) < 4.78 is 2.52. The SMILES string of the molecule is Cc1cc(C)n(CCCNc2c(Br)cncc2[N+](=O)[O-])n1. The van der Waals surface area contributed by atoms with E-state index in [9.17, 15) is 10.1 Å². The van der Waals surface area contributed by atoms with E-state index in [4.69, 9.17) is 0 Å². The standard InChI is InChI=1S/C13H16BrN5O2/c1-9-6-10(2)18(17-9)5-3-4-16-13-11(14)7-15-8-12(13)19(20)21/h6-8H,3-5H2,1-2H3,(H,15,16). The van der Waals surface area contributed by atoms with Crippen molar-refractivity contribution in [3.63, 3.8) is 0 Å². The molecule has 0 fully saturated rings. The minimum absolute atomic E-state index is 0.0320. The predicted octanol–water partition coefficient (Wildman–Crippen LogP) is 3.07. The maximum absolute atomic E-state index is 11.0. The Bertz CT molecular complexity index is 656. The zero-order chi connectivity index (χ0) is 15.4. The van der Waals surface area contributed by atoms with Gasteiger partial charge in [0.1, 0.15) is 11.9 Å². The highest BCUT2D eigenvalue weighted by molar-refractivity contribution is 9.10. The van der Waals surface area contributed by atoms with Crippen molar-refractivity contribution in [2.75, 3.05) is 11.9 Å². The molecule has 0 aliphatic rings. The number of pyridine rings is 1. The topological polar surface area (TPSA) is 85.9 Å². The highest BCUT2D eigenvalue weighted by Crippen LogP contribution is 2.30. The van der Waals surface area contributed by atoms with Gasteiger partial charge in [-0.15, -0.1) is 0 Å². The summed E-state index contributed by atoms with van der Waals surface area (Å²) in [6.07, 6.45) is 3.60. The van der Waals surface area contributed by atoms with E-state index in [1.165, 1.54) is 12.4 Å². The number of rotatable bonds is 6. The van der Waals surface area contributed by atoms with Crippen LogP contribution in [0.25, 0.3) is 0 Å². The van der Waals surface area contributed by atoms with Crippen molar-refractivity contribution in [2.24, 2.45) is 0 Å².